The first-order valence-electron chi connectivity index (χ1n) is 7.47. The zero-order chi connectivity index (χ0) is 16.5. The average molecular weight is 334 g/mol. The lowest BCUT2D eigenvalue weighted by molar-refractivity contribution is 0.0948. The highest BCUT2D eigenvalue weighted by Crippen LogP contribution is 2.18. The molecule has 0 fully saturated rings. The second-order valence-electron chi connectivity index (χ2n) is 5.37. The van der Waals surface area contributed by atoms with E-state index < -0.39 is 0 Å². The SMILES string of the molecule is Cc1nc2sccn2c1C(=O)NN=Cc1cccc2ccccc12. The highest BCUT2D eigenvalue weighted by molar-refractivity contribution is 7.15. The van der Waals surface area contributed by atoms with Crippen molar-refractivity contribution in [2.45, 2.75) is 6.92 Å². The van der Waals surface area contributed by atoms with E-state index in [1.807, 2.05) is 61.0 Å². The standard InChI is InChI=1S/C18H14N4OS/c1-12-16(22-9-10-24-18(22)20-12)17(23)21-19-11-14-7-4-6-13-5-2-3-8-15(13)14/h2-11H,1H3,(H,21,23). The minimum absolute atomic E-state index is 0.269. The molecule has 2 aromatic carbocycles. The smallest absolute Gasteiger partial charge is 0.286 e. The summed E-state index contributed by atoms with van der Waals surface area (Å²) in [5.74, 6) is -0.269. The first-order chi connectivity index (χ1) is 11.7. The number of aryl methyl sites for hydroxylation is 1. The van der Waals surface area contributed by atoms with Crippen molar-refractivity contribution in [1.29, 1.82) is 0 Å². The Hall–Kier alpha value is -2.99. The van der Waals surface area contributed by atoms with Crippen LogP contribution in [-0.2, 0) is 0 Å². The molecule has 2 aromatic heterocycles. The van der Waals surface area contributed by atoms with Crippen molar-refractivity contribution in [3.05, 3.63) is 71.0 Å². The van der Waals surface area contributed by atoms with Crippen LogP contribution in [0.1, 0.15) is 21.7 Å². The molecule has 118 valence electrons. The molecule has 1 amide bonds. The van der Waals surface area contributed by atoms with Crippen LogP contribution < -0.4 is 5.43 Å². The van der Waals surface area contributed by atoms with Crippen LogP contribution >= 0.6 is 11.3 Å². The number of amides is 1. The zero-order valence-corrected chi connectivity index (χ0v) is 13.7. The molecule has 0 saturated carbocycles. The van der Waals surface area contributed by atoms with Crippen LogP contribution in [0.5, 0.6) is 0 Å². The Labute approximate surface area is 142 Å². The summed E-state index contributed by atoms with van der Waals surface area (Å²) in [4.78, 5) is 17.6. The summed E-state index contributed by atoms with van der Waals surface area (Å²) in [6, 6.07) is 14.1. The molecular weight excluding hydrogens is 320 g/mol. The molecule has 0 spiro atoms. The second kappa shape index (κ2) is 5.90. The van der Waals surface area contributed by atoms with E-state index in [1.54, 1.807) is 10.6 Å². The van der Waals surface area contributed by atoms with E-state index in [-0.39, 0.29) is 5.91 Å². The Morgan fingerprint density at radius 1 is 1.25 bits per heavy atom. The number of hydrogen-bond acceptors (Lipinski definition) is 4. The number of hydrazone groups is 1. The summed E-state index contributed by atoms with van der Waals surface area (Å²) < 4.78 is 1.78. The molecule has 6 heteroatoms. The molecule has 0 atom stereocenters. The van der Waals surface area contributed by atoms with Crippen molar-refractivity contribution >= 4 is 39.2 Å². The van der Waals surface area contributed by atoms with Crippen molar-refractivity contribution < 1.29 is 4.79 Å². The highest BCUT2D eigenvalue weighted by atomic mass is 32.1. The number of nitrogens with one attached hydrogen (secondary N) is 1. The van der Waals surface area contributed by atoms with Crippen molar-refractivity contribution in [1.82, 2.24) is 14.8 Å². The van der Waals surface area contributed by atoms with Gasteiger partial charge in [-0.2, -0.15) is 5.10 Å². The number of benzene rings is 2. The maximum atomic E-state index is 12.4. The minimum Gasteiger partial charge on any atom is -0.286 e. The van der Waals surface area contributed by atoms with Crippen LogP contribution in [0.2, 0.25) is 0 Å². The lowest BCUT2D eigenvalue weighted by atomic mass is 10.1. The van der Waals surface area contributed by atoms with Crippen molar-refractivity contribution in [3.63, 3.8) is 0 Å². The van der Waals surface area contributed by atoms with Gasteiger partial charge in [-0.3, -0.25) is 9.20 Å². The topological polar surface area (TPSA) is 58.8 Å². The quantitative estimate of drug-likeness (QED) is 0.459. The van der Waals surface area contributed by atoms with Crippen molar-refractivity contribution in [3.8, 4) is 0 Å². The summed E-state index contributed by atoms with van der Waals surface area (Å²) in [7, 11) is 0. The van der Waals surface area contributed by atoms with Gasteiger partial charge in [0.1, 0.15) is 5.69 Å². The van der Waals surface area contributed by atoms with Gasteiger partial charge in [-0.15, -0.1) is 11.3 Å². The van der Waals surface area contributed by atoms with Gasteiger partial charge >= 0.3 is 0 Å². The van der Waals surface area contributed by atoms with E-state index in [1.165, 1.54) is 11.3 Å². The molecule has 4 rings (SSSR count). The fourth-order valence-electron chi connectivity index (χ4n) is 2.74. The molecule has 0 saturated heterocycles. The van der Waals surface area contributed by atoms with E-state index in [2.05, 4.69) is 15.5 Å². The van der Waals surface area contributed by atoms with Gasteiger partial charge in [0.25, 0.3) is 5.91 Å². The van der Waals surface area contributed by atoms with E-state index in [0.29, 0.717) is 11.4 Å². The minimum atomic E-state index is -0.269. The Balaban J connectivity index is 1.60. The second-order valence-corrected chi connectivity index (χ2v) is 6.24. The van der Waals surface area contributed by atoms with Gasteiger partial charge < -0.3 is 0 Å². The van der Waals surface area contributed by atoms with Gasteiger partial charge in [0, 0.05) is 17.1 Å². The molecule has 2 heterocycles. The summed E-state index contributed by atoms with van der Waals surface area (Å²) in [5, 5.41) is 8.25. The van der Waals surface area contributed by atoms with Crippen molar-refractivity contribution in [2.75, 3.05) is 0 Å². The molecule has 0 radical (unpaired) electrons. The van der Waals surface area contributed by atoms with Gasteiger partial charge in [-0.25, -0.2) is 10.4 Å². The predicted octanol–water partition coefficient (Wildman–Crippen LogP) is 3.62. The molecule has 0 unspecified atom stereocenters. The Morgan fingerprint density at radius 2 is 2.08 bits per heavy atom. The van der Waals surface area contributed by atoms with Gasteiger partial charge in [-0.1, -0.05) is 42.5 Å². The molecule has 1 N–H and O–H groups in total. The van der Waals surface area contributed by atoms with E-state index in [4.69, 9.17) is 0 Å². The first kappa shape index (κ1) is 14.6. The average Bonchev–Trinajstić information content (AvgIpc) is 3.14. The Bertz CT molecular complexity index is 1070. The van der Waals surface area contributed by atoms with Gasteiger partial charge in [0.2, 0.25) is 0 Å². The van der Waals surface area contributed by atoms with Gasteiger partial charge in [-0.05, 0) is 17.7 Å². The van der Waals surface area contributed by atoms with Gasteiger partial charge in [0.15, 0.2) is 4.96 Å². The van der Waals surface area contributed by atoms with Crippen LogP contribution in [0.3, 0.4) is 0 Å². The fraction of sp³-hybridized carbons (Fsp3) is 0.0556. The van der Waals surface area contributed by atoms with E-state index in [9.17, 15) is 4.79 Å². The third-order valence-corrected chi connectivity index (χ3v) is 4.60. The molecule has 5 nitrogen and oxygen atoms in total. The third-order valence-electron chi connectivity index (χ3n) is 3.84. The number of carbonyl (C=O) groups excluding carboxylic acids is 1. The van der Waals surface area contributed by atoms with E-state index in [0.717, 1.165) is 21.3 Å². The molecule has 4 aromatic rings. The maximum absolute atomic E-state index is 12.4. The van der Waals surface area contributed by atoms with Gasteiger partial charge in [0.05, 0.1) is 11.9 Å². The summed E-state index contributed by atoms with van der Waals surface area (Å²) in [6.45, 7) is 1.82. The molecule has 0 aliphatic heterocycles. The Kier molecular flexibility index (Phi) is 3.59. The van der Waals surface area contributed by atoms with E-state index >= 15 is 0 Å². The van der Waals surface area contributed by atoms with Crippen LogP contribution in [0, 0.1) is 6.92 Å². The predicted molar refractivity (Wildman–Crippen MR) is 96.8 cm³/mol. The summed E-state index contributed by atoms with van der Waals surface area (Å²) >= 11 is 1.50. The summed E-state index contributed by atoms with van der Waals surface area (Å²) in [5.41, 5.74) is 4.76. The largest absolute Gasteiger partial charge is 0.290 e. The number of imidazole rings is 1. The normalized spacial score (nSPS) is 11.5. The number of nitrogens with zero attached hydrogens (tertiary/aromatic N) is 3. The molecule has 0 bridgehead atoms. The number of carbonyl (C=O) groups is 1. The summed E-state index contributed by atoms with van der Waals surface area (Å²) in [6.07, 6.45) is 3.50. The van der Waals surface area contributed by atoms with Crippen LogP contribution in [0.4, 0.5) is 0 Å². The molecule has 0 aliphatic carbocycles. The first-order valence-corrected chi connectivity index (χ1v) is 8.35. The third kappa shape index (κ3) is 2.47. The number of thiazole rings is 1. The van der Waals surface area contributed by atoms with Crippen LogP contribution in [0.15, 0.2) is 59.1 Å². The number of hydrogen-bond donors (Lipinski definition) is 1. The number of fused-ring (bicyclic) bond motifs is 2. The number of rotatable bonds is 3. The number of aromatic nitrogens is 2. The molecular formula is C18H14N4OS. The molecule has 24 heavy (non-hydrogen) atoms. The zero-order valence-electron chi connectivity index (χ0n) is 12.9. The lowest BCUT2D eigenvalue weighted by Gasteiger charge is -2.02. The Morgan fingerprint density at radius 3 is 3.00 bits per heavy atom. The van der Waals surface area contributed by atoms with Crippen molar-refractivity contribution in [2.24, 2.45) is 5.10 Å². The monoisotopic (exact) mass is 334 g/mol. The highest BCUT2D eigenvalue weighted by Gasteiger charge is 2.16. The van der Waals surface area contributed by atoms with Crippen LogP contribution in [0.25, 0.3) is 15.7 Å². The lowest BCUT2D eigenvalue weighted by Crippen LogP contribution is -2.20. The fourth-order valence-corrected chi connectivity index (χ4v) is 3.50. The maximum Gasteiger partial charge on any atom is 0.290 e. The van der Waals surface area contributed by atoms with Crippen LogP contribution in [-0.4, -0.2) is 21.5 Å². The molecule has 0 aliphatic rings.